The lowest BCUT2D eigenvalue weighted by Crippen LogP contribution is -2.20. The molecule has 0 saturated carbocycles. The highest BCUT2D eigenvalue weighted by Gasteiger charge is 2.06. The Bertz CT molecular complexity index is 590. The molecule has 1 unspecified atom stereocenters. The molecule has 2 aromatic carbocycles. The van der Waals surface area contributed by atoms with Crippen LogP contribution in [-0.2, 0) is 0 Å². The van der Waals surface area contributed by atoms with Crippen LogP contribution in [0.2, 0.25) is 0 Å². The van der Waals surface area contributed by atoms with Crippen LogP contribution in [0.4, 0.5) is 5.69 Å². The molecule has 1 atom stereocenters. The standard InChI is InChI=1S/C15H14BrN3/c16-13-8-11(9-17)6-7-15(13)19-10-14(18)12-4-2-1-3-5-12/h1-8,14,19H,10,18H2. The van der Waals surface area contributed by atoms with E-state index in [1.54, 1.807) is 12.1 Å². The van der Waals surface area contributed by atoms with Crippen LogP contribution in [0.1, 0.15) is 17.2 Å². The molecule has 2 rings (SSSR count). The summed E-state index contributed by atoms with van der Waals surface area (Å²) in [5.41, 5.74) is 8.78. The quantitative estimate of drug-likeness (QED) is 0.908. The predicted molar refractivity (Wildman–Crippen MR) is 80.7 cm³/mol. The summed E-state index contributed by atoms with van der Waals surface area (Å²) in [6.45, 7) is 0.633. The minimum atomic E-state index is -0.0660. The van der Waals surface area contributed by atoms with Gasteiger partial charge in [-0.2, -0.15) is 5.26 Å². The normalized spacial score (nSPS) is 11.6. The summed E-state index contributed by atoms with van der Waals surface area (Å²) >= 11 is 3.44. The summed E-state index contributed by atoms with van der Waals surface area (Å²) in [5.74, 6) is 0. The highest BCUT2D eigenvalue weighted by molar-refractivity contribution is 9.10. The fourth-order valence-electron chi connectivity index (χ4n) is 1.77. The second-order valence-electron chi connectivity index (χ2n) is 4.20. The molecule has 0 aliphatic rings. The molecule has 0 spiro atoms. The Morgan fingerprint density at radius 2 is 1.95 bits per heavy atom. The van der Waals surface area contributed by atoms with E-state index >= 15 is 0 Å². The number of benzene rings is 2. The summed E-state index contributed by atoms with van der Waals surface area (Å²) in [7, 11) is 0. The van der Waals surface area contributed by atoms with Crippen LogP contribution in [0.5, 0.6) is 0 Å². The third kappa shape index (κ3) is 3.57. The van der Waals surface area contributed by atoms with Crippen molar-refractivity contribution in [2.75, 3.05) is 11.9 Å². The zero-order valence-corrected chi connectivity index (χ0v) is 11.9. The van der Waals surface area contributed by atoms with Crippen molar-refractivity contribution < 1.29 is 0 Å². The number of nitriles is 1. The number of halogens is 1. The summed E-state index contributed by atoms with van der Waals surface area (Å²) < 4.78 is 0.867. The molecule has 0 heterocycles. The van der Waals surface area contributed by atoms with E-state index in [0.29, 0.717) is 12.1 Å². The fourth-order valence-corrected chi connectivity index (χ4v) is 2.28. The van der Waals surface area contributed by atoms with Crippen LogP contribution < -0.4 is 11.1 Å². The molecule has 0 radical (unpaired) electrons. The third-order valence-electron chi connectivity index (χ3n) is 2.84. The van der Waals surface area contributed by atoms with Gasteiger partial charge < -0.3 is 11.1 Å². The van der Waals surface area contributed by atoms with Crippen molar-refractivity contribution in [1.82, 2.24) is 0 Å². The van der Waals surface area contributed by atoms with Crippen molar-refractivity contribution in [2.24, 2.45) is 5.73 Å². The number of hydrogen-bond donors (Lipinski definition) is 2. The second kappa shape index (κ2) is 6.37. The molecule has 0 aromatic heterocycles. The lowest BCUT2D eigenvalue weighted by molar-refractivity contribution is 0.764. The fraction of sp³-hybridized carbons (Fsp3) is 0.133. The average molecular weight is 316 g/mol. The molecule has 4 heteroatoms. The topological polar surface area (TPSA) is 61.8 Å². The van der Waals surface area contributed by atoms with Gasteiger partial charge in [0.15, 0.2) is 0 Å². The zero-order valence-electron chi connectivity index (χ0n) is 10.3. The number of rotatable bonds is 4. The lowest BCUT2D eigenvalue weighted by Gasteiger charge is -2.15. The number of hydrogen-bond acceptors (Lipinski definition) is 3. The minimum Gasteiger partial charge on any atom is -0.382 e. The van der Waals surface area contributed by atoms with Crippen molar-refractivity contribution in [3.8, 4) is 6.07 Å². The summed E-state index contributed by atoms with van der Waals surface area (Å²) in [4.78, 5) is 0. The van der Waals surface area contributed by atoms with E-state index in [1.165, 1.54) is 0 Å². The van der Waals surface area contributed by atoms with E-state index in [1.807, 2.05) is 36.4 Å². The predicted octanol–water partition coefficient (Wildman–Crippen LogP) is 3.43. The largest absolute Gasteiger partial charge is 0.382 e. The van der Waals surface area contributed by atoms with Crippen molar-refractivity contribution in [2.45, 2.75) is 6.04 Å². The Morgan fingerprint density at radius 3 is 2.58 bits per heavy atom. The number of nitrogens with two attached hydrogens (primary N) is 1. The van der Waals surface area contributed by atoms with E-state index < -0.39 is 0 Å². The van der Waals surface area contributed by atoms with Crippen molar-refractivity contribution in [3.63, 3.8) is 0 Å². The van der Waals surface area contributed by atoms with Gasteiger partial charge >= 0.3 is 0 Å². The van der Waals surface area contributed by atoms with E-state index in [0.717, 1.165) is 15.7 Å². The van der Waals surface area contributed by atoms with Crippen molar-refractivity contribution in [1.29, 1.82) is 5.26 Å². The van der Waals surface area contributed by atoms with Gasteiger partial charge in [0.05, 0.1) is 11.6 Å². The first kappa shape index (κ1) is 13.6. The number of nitrogens with zero attached hydrogens (tertiary/aromatic N) is 1. The van der Waals surface area contributed by atoms with E-state index in [4.69, 9.17) is 11.0 Å². The average Bonchev–Trinajstić information content (AvgIpc) is 2.46. The van der Waals surface area contributed by atoms with Gasteiger partial charge in [0.2, 0.25) is 0 Å². The highest BCUT2D eigenvalue weighted by atomic mass is 79.9. The van der Waals surface area contributed by atoms with Crippen LogP contribution in [0.25, 0.3) is 0 Å². The van der Waals surface area contributed by atoms with Gasteiger partial charge in [-0.3, -0.25) is 0 Å². The second-order valence-corrected chi connectivity index (χ2v) is 5.06. The molecule has 3 nitrogen and oxygen atoms in total. The number of nitrogens with one attached hydrogen (secondary N) is 1. The Kier molecular flexibility index (Phi) is 4.56. The van der Waals surface area contributed by atoms with Gasteiger partial charge in [0, 0.05) is 22.7 Å². The Morgan fingerprint density at radius 1 is 1.21 bits per heavy atom. The summed E-state index contributed by atoms with van der Waals surface area (Å²) in [6.07, 6.45) is 0. The molecule has 0 fully saturated rings. The molecular weight excluding hydrogens is 302 g/mol. The van der Waals surface area contributed by atoms with Crippen LogP contribution in [0, 0.1) is 11.3 Å². The molecule has 0 aliphatic heterocycles. The van der Waals surface area contributed by atoms with Crippen LogP contribution in [-0.4, -0.2) is 6.54 Å². The monoisotopic (exact) mass is 315 g/mol. The molecule has 0 saturated heterocycles. The molecular formula is C15H14BrN3. The number of anilines is 1. The molecule has 0 bridgehead atoms. The smallest absolute Gasteiger partial charge is 0.0992 e. The Balaban J connectivity index is 2.01. The maximum Gasteiger partial charge on any atom is 0.0992 e. The third-order valence-corrected chi connectivity index (χ3v) is 3.49. The van der Waals surface area contributed by atoms with E-state index in [2.05, 4.69) is 27.3 Å². The Hall–Kier alpha value is -1.83. The first-order valence-corrected chi connectivity index (χ1v) is 6.74. The zero-order chi connectivity index (χ0) is 13.7. The summed E-state index contributed by atoms with van der Waals surface area (Å²) in [6, 6.07) is 17.4. The van der Waals surface area contributed by atoms with Gasteiger partial charge in [-0.25, -0.2) is 0 Å². The first-order valence-electron chi connectivity index (χ1n) is 5.95. The van der Waals surface area contributed by atoms with Gasteiger partial charge in [0.1, 0.15) is 0 Å². The minimum absolute atomic E-state index is 0.0660. The van der Waals surface area contributed by atoms with Gasteiger partial charge in [-0.15, -0.1) is 0 Å². The maximum absolute atomic E-state index is 8.81. The van der Waals surface area contributed by atoms with Gasteiger partial charge in [-0.1, -0.05) is 30.3 Å². The summed E-state index contributed by atoms with van der Waals surface area (Å²) in [5, 5.41) is 12.1. The molecule has 0 aliphatic carbocycles. The van der Waals surface area contributed by atoms with Crippen LogP contribution in [0.15, 0.2) is 53.0 Å². The van der Waals surface area contributed by atoms with Gasteiger partial charge in [-0.05, 0) is 39.7 Å². The Labute approximate surface area is 121 Å². The van der Waals surface area contributed by atoms with Gasteiger partial charge in [0.25, 0.3) is 0 Å². The SMILES string of the molecule is N#Cc1ccc(NCC(N)c2ccccc2)c(Br)c1. The van der Waals surface area contributed by atoms with Crippen molar-refractivity contribution >= 4 is 21.6 Å². The molecule has 0 amide bonds. The van der Waals surface area contributed by atoms with Crippen LogP contribution in [0.3, 0.4) is 0 Å². The molecule has 19 heavy (non-hydrogen) atoms. The first-order chi connectivity index (χ1) is 9.20. The lowest BCUT2D eigenvalue weighted by atomic mass is 10.1. The highest BCUT2D eigenvalue weighted by Crippen LogP contribution is 2.24. The van der Waals surface area contributed by atoms with Crippen molar-refractivity contribution in [3.05, 3.63) is 64.1 Å². The molecule has 3 N–H and O–H groups in total. The molecule has 2 aromatic rings. The van der Waals surface area contributed by atoms with Crippen LogP contribution >= 0.6 is 15.9 Å². The molecule has 96 valence electrons. The van der Waals surface area contributed by atoms with E-state index in [-0.39, 0.29) is 6.04 Å². The maximum atomic E-state index is 8.81. The van der Waals surface area contributed by atoms with E-state index in [9.17, 15) is 0 Å².